The van der Waals surface area contributed by atoms with Gasteiger partial charge in [0.25, 0.3) is 0 Å². The first-order valence-corrected chi connectivity index (χ1v) is 6.16. The van der Waals surface area contributed by atoms with Gasteiger partial charge in [-0.25, -0.2) is 0 Å². The topological polar surface area (TPSA) is 41.8 Å². The van der Waals surface area contributed by atoms with Gasteiger partial charge in [-0.15, -0.1) is 0 Å². The zero-order valence-electron chi connectivity index (χ0n) is 10.7. The fourth-order valence-corrected chi connectivity index (χ4v) is 1.91. The average molecular weight is 276 g/mol. The van der Waals surface area contributed by atoms with Crippen molar-refractivity contribution in [1.29, 1.82) is 0 Å². The number of hydrogen-bond acceptors (Lipinski definition) is 3. The monoisotopic (exact) mass is 275 g/mol. The third-order valence-electron chi connectivity index (χ3n) is 2.75. The molecule has 4 heteroatoms. The van der Waals surface area contributed by atoms with E-state index in [0.29, 0.717) is 16.3 Å². The minimum atomic E-state index is 0.0317. The van der Waals surface area contributed by atoms with Crippen molar-refractivity contribution in [2.45, 2.75) is 6.92 Å². The van der Waals surface area contributed by atoms with Crippen LogP contribution >= 0.6 is 11.6 Å². The van der Waals surface area contributed by atoms with Crippen molar-refractivity contribution in [2.75, 3.05) is 7.11 Å². The highest BCUT2D eigenvalue weighted by molar-refractivity contribution is 6.31. The number of nitrogens with zero attached hydrogens (tertiary/aromatic N) is 1. The lowest BCUT2D eigenvalue weighted by Crippen LogP contribution is -1.89. The van der Waals surface area contributed by atoms with Crippen LogP contribution < -0.4 is 4.74 Å². The molecule has 2 rings (SSSR count). The Balaban J connectivity index is 2.39. The van der Waals surface area contributed by atoms with Gasteiger partial charge in [-0.05, 0) is 24.6 Å². The van der Waals surface area contributed by atoms with E-state index in [1.807, 2.05) is 31.2 Å². The molecule has 0 amide bonds. The maximum absolute atomic E-state index is 9.99. The summed E-state index contributed by atoms with van der Waals surface area (Å²) in [6.45, 7) is 1.98. The number of methoxy groups -OCH3 is 1. The van der Waals surface area contributed by atoms with Crippen molar-refractivity contribution in [1.82, 2.24) is 0 Å². The summed E-state index contributed by atoms with van der Waals surface area (Å²) < 4.78 is 5.05. The molecule has 0 saturated heterocycles. The van der Waals surface area contributed by atoms with E-state index >= 15 is 0 Å². The zero-order valence-corrected chi connectivity index (χ0v) is 11.5. The summed E-state index contributed by atoms with van der Waals surface area (Å²) in [5.41, 5.74) is 2.43. The molecule has 2 aromatic rings. The Labute approximate surface area is 117 Å². The number of phenols is 1. The Hall–Kier alpha value is -2.00. The number of rotatable bonds is 3. The zero-order chi connectivity index (χ0) is 13.8. The quantitative estimate of drug-likeness (QED) is 0.857. The van der Waals surface area contributed by atoms with Gasteiger partial charge in [0, 0.05) is 22.9 Å². The minimum Gasteiger partial charge on any atom is -0.504 e. The summed E-state index contributed by atoms with van der Waals surface area (Å²) in [7, 11) is 1.48. The third-order valence-corrected chi connectivity index (χ3v) is 2.97. The third kappa shape index (κ3) is 3.06. The fourth-order valence-electron chi connectivity index (χ4n) is 1.70. The number of aliphatic imine (C=N–C) groups is 1. The van der Waals surface area contributed by atoms with Crippen molar-refractivity contribution in [3.05, 3.63) is 52.5 Å². The Morgan fingerprint density at radius 2 is 2.00 bits per heavy atom. The van der Waals surface area contributed by atoms with E-state index in [1.165, 1.54) is 7.11 Å². The molecule has 0 radical (unpaired) electrons. The van der Waals surface area contributed by atoms with E-state index in [2.05, 4.69) is 4.99 Å². The number of benzene rings is 2. The Bertz CT molecular complexity index is 624. The molecule has 0 heterocycles. The van der Waals surface area contributed by atoms with E-state index in [0.717, 1.165) is 11.3 Å². The summed E-state index contributed by atoms with van der Waals surface area (Å²) >= 11 is 5.96. The van der Waals surface area contributed by atoms with Gasteiger partial charge in [0.05, 0.1) is 12.8 Å². The van der Waals surface area contributed by atoms with Crippen LogP contribution in [0.4, 0.5) is 5.69 Å². The van der Waals surface area contributed by atoms with Crippen LogP contribution in [0, 0.1) is 6.92 Å². The number of aryl methyl sites for hydroxylation is 1. The summed E-state index contributed by atoms with van der Waals surface area (Å²) in [4.78, 5) is 4.35. The first kappa shape index (κ1) is 13.4. The lowest BCUT2D eigenvalue weighted by Gasteiger charge is -2.06. The second-order valence-corrected chi connectivity index (χ2v) is 4.53. The summed E-state index contributed by atoms with van der Waals surface area (Å²) in [6, 6.07) is 10.9. The van der Waals surface area contributed by atoms with Gasteiger partial charge in [0.15, 0.2) is 11.5 Å². The van der Waals surface area contributed by atoms with Gasteiger partial charge < -0.3 is 9.84 Å². The highest BCUT2D eigenvalue weighted by atomic mass is 35.5. The molecule has 0 fully saturated rings. The molecule has 0 spiro atoms. The molecule has 2 aromatic carbocycles. The average Bonchev–Trinajstić information content (AvgIpc) is 2.41. The van der Waals surface area contributed by atoms with Crippen molar-refractivity contribution in [3.63, 3.8) is 0 Å². The van der Waals surface area contributed by atoms with Crippen LogP contribution in [0.2, 0.25) is 5.02 Å². The summed E-state index contributed by atoms with van der Waals surface area (Å²) in [5, 5.41) is 10.5. The van der Waals surface area contributed by atoms with Gasteiger partial charge in [-0.2, -0.15) is 0 Å². The van der Waals surface area contributed by atoms with Crippen molar-refractivity contribution < 1.29 is 9.84 Å². The van der Waals surface area contributed by atoms with Crippen LogP contribution in [0.3, 0.4) is 0 Å². The van der Waals surface area contributed by atoms with Crippen LogP contribution in [0.15, 0.2) is 41.4 Å². The first-order valence-electron chi connectivity index (χ1n) is 5.78. The predicted molar refractivity (Wildman–Crippen MR) is 78.1 cm³/mol. The molecular weight excluding hydrogens is 262 g/mol. The van der Waals surface area contributed by atoms with Gasteiger partial charge in [-0.1, -0.05) is 29.8 Å². The number of para-hydroxylation sites is 1. The molecule has 0 saturated carbocycles. The summed E-state index contributed by atoms with van der Waals surface area (Å²) in [6.07, 6.45) is 1.58. The molecule has 98 valence electrons. The van der Waals surface area contributed by atoms with Gasteiger partial charge in [0.2, 0.25) is 0 Å². The van der Waals surface area contributed by atoms with Gasteiger partial charge >= 0.3 is 0 Å². The van der Waals surface area contributed by atoms with E-state index in [9.17, 15) is 5.11 Å². The Morgan fingerprint density at radius 1 is 1.26 bits per heavy atom. The molecule has 0 aliphatic carbocycles. The van der Waals surface area contributed by atoms with Crippen LogP contribution in [0.25, 0.3) is 0 Å². The Morgan fingerprint density at radius 3 is 2.68 bits per heavy atom. The predicted octanol–water partition coefficient (Wildman–Crippen LogP) is 4.11. The molecule has 1 N–H and O–H groups in total. The number of aromatic hydroxyl groups is 1. The van der Waals surface area contributed by atoms with Crippen LogP contribution in [0.5, 0.6) is 11.5 Å². The maximum atomic E-state index is 9.99. The minimum absolute atomic E-state index is 0.0317. The molecule has 3 nitrogen and oxygen atoms in total. The lowest BCUT2D eigenvalue weighted by molar-refractivity contribution is 0.373. The maximum Gasteiger partial charge on any atom is 0.166 e. The van der Waals surface area contributed by atoms with Crippen molar-refractivity contribution >= 4 is 23.5 Å². The molecular formula is C15H14ClNO2. The molecule has 19 heavy (non-hydrogen) atoms. The van der Waals surface area contributed by atoms with E-state index in [4.69, 9.17) is 16.3 Å². The number of hydrogen-bond donors (Lipinski definition) is 1. The van der Waals surface area contributed by atoms with Gasteiger partial charge in [0.1, 0.15) is 0 Å². The van der Waals surface area contributed by atoms with Crippen LogP contribution in [-0.2, 0) is 0 Å². The molecule has 0 aliphatic rings. The number of halogens is 1. The van der Waals surface area contributed by atoms with Crippen LogP contribution in [-0.4, -0.2) is 18.4 Å². The molecule has 0 aromatic heterocycles. The highest BCUT2D eigenvalue weighted by Crippen LogP contribution is 2.32. The molecule has 0 unspecified atom stereocenters. The lowest BCUT2D eigenvalue weighted by atomic mass is 10.2. The molecule has 0 atom stereocenters. The van der Waals surface area contributed by atoms with E-state index in [-0.39, 0.29) is 5.75 Å². The SMILES string of the molecule is COc1cc(Cl)cc(C=Nc2ccccc2C)c1O. The summed E-state index contributed by atoms with van der Waals surface area (Å²) in [5.74, 6) is 0.364. The number of phenolic OH excluding ortho intramolecular Hbond substituents is 1. The van der Waals surface area contributed by atoms with Crippen molar-refractivity contribution in [3.8, 4) is 11.5 Å². The molecule has 0 bridgehead atoms. The van der Waals surface area contributed by atoms with Gasteiger partial charge in [-0.3, -0.25) is 4.99 Å². The normalized spacial score (nSPS) is 10.9. The van der Waals surface area contributed by atoms with E-state index < -0.39 is 0 Å². The van der Waals surface area contributed by atoms with Crippen molar-refractivity contribution in [2.24, 2.45) is 4.99 Å². The van der Waals surface area contributed by atoms with E-state index in [1.54, 1.807) is 18.3 Å². The van der Waals surface area contributed by atoms with Crippen LogP contribution in [0.1, 0.15) is 11.1 Å². The largest absolute Gasteiger partial charge is 0.504 e. The second kappa shape index (κ2) is 5.76. The second-order valence-electron chi connectivity index (χ2n) is 4.09. The first-order chi connectivity index (χ1) is 9.11. The smallest absolute Gasteiger partial charge is 0.166 e. The fraction of sp³-hybridized carbons (Fsp3) is 0.133. The number of ether oxygens (including phenoxy) is 1. The Kier molecular flexibility index (Phi) is 4.07. The standard InChI is InChI=1S/C15H14ClNO2/c1-10-5-3-4-6-13(10)17-9-11-7-12(16)8-14(19-2)15(11)18/h3-9,18H,1-2H3. The highest BCUT2D eigenvalue weighted by Gasteiger charge is 2.08. The molecule has 0 aliphatic heterocycles.